The van der Waals surface area contributed by atoms with E-state index < -0.39 is 23.9 Å². The number of nitrogens with zero attached hydrogens (tertiary/aromatic N) is 2. The van der Waals surface area contributed by atoms with Crippen LogP contribution in [0.25, 0.3) is 0 Å². The number of fused-ring (bicyclic) bond motifs is 1. The second-order valence-electron chi connectivity index (χ2n) is 8.06. The second kappa shape index (κ2) is 8.15. The van der Waals surface area contributed by atoms with Gasteiger partial charge in [0.25, 0.3) is 17.7 Å². The highest BCUT2D eigenvalue weighted by Gasteiger charge is 2.57. The third-order valence-corrected chi connectivity index (χ3v) is 7.01. The summed E-state index contributed by atoms with van der Waals surface area (Å²) in [5.41, 5.74) is 3.18. The lowest BCUT2D eigenvalue weighted by Crippen LogP contribution is -2.67. The Morgan fingerprint density at radius 2 is 1.48 bits per heavy atom. The quantitative estimate of drug-likeness (QED) is 0.365. The van der Waals surface area contributed by atoms with Gasteiger partial charge in [0, 0.05) is 10.2 Å². The van der Waals surface area contributed by atoms with E-state index in [2.05, 4.69) is 15.9 Å². The van der Waals surface area contributed by atoms with E-state index in [1.807, 2.05) is 56.3 Å². The molecule has 6 nitrogen and oxygen atoms in total. The molecule has 2 aliphatic rings. The van der Waals surface area contributed by atoms with Gasteiger partial charge in [-0.25, -0.2) is 0 Å². The van der Waals surface area contributed by atoms with Gasteiger partial charge >= 0.3 is 0 Å². The van der Waals surface area contributed by atoms with Crippen molar-refractivity contribution in [3.63, 3.8) is 0 Å². The first-order valence-electron chi connectivity index (χ1n) is 10.7. The molecule has 1 fully saturated rings. The maximum atomic E-state index is 13.5. The highest BCUT2D eigenvalue weighted by atomic mass is 79.9. The summed E-state index contributed by atoms with van der Waals surface area (Å²) in [6.45, 7) is 4.41. The second-order valence-corrected chi connectivity index (χ2v) is 8.91. The Bertz CT molecular complexity index is 1250. The standard InChI is InChI=1S/C26H21BrN2O4/c1-3-33-18-11-8-16(9-12-18)22-23(26(32)28(22)17-10-13-21(27)15(2)14-17)29-24(30)19-6-4-5-7-20(19)25(29)31/h4-14,22-23H,3H2,1-2H3/t22-,23+/m1/s1. The summed E-state index contributed by atoms with van der Waals surface area (Å²) in [6.07, 6.45) is 0. The van der Waals surface area contributed by atoms with Gasteiger partial charge in [-0.1, -0.05) is 40.2 Å². The summed E-state index contributed by atoms with van der Waals surface area (Å²) in [5.74, 6) is -0.437. The van der Waals surface area contributed by atoms with E-state index >= 15 is 0 Å². The maximum absolute atomic E-state index is 13.5. The Labute approximate surface area is 199 Å². The van der Waals surface area contributed by atoms with Crippen LogP contribution >= 0.6 is 15.9 Å². The van der Waals surface area contributed by atoms with Crippen molar-refractivity contribution in [2.24, 2.45) is 0 Å². The number of anilines is 1. The first-order valence-corrected chi connectivity index (χ1v) is 11.5. The highest BCUT2D eigenvalue weighted by Crippen LogP contribution is 2.45. The van der Waals surface area contributed by atoms with E-state index in [4.69, 9.17) is 4.74 Å². The molecule has 2 atom stereocenters. The fraction of sp³-hybridized carbons (Fsp3) is 0.192. The first kappa shape index (κ1) is 21.4. The van der Waals surface area contributed by atoms with Crippen LogP contribution in [0.5, 0.6) is 5.75 Å². The monoisotopic (exact) mass is 504 g/mol. The van der Waals surface area contributed by atoms with Crippen LogP contribution < -0.4 is 9.64 Å². The van der Waals surface area contributed by atoms with E-state index in [0.717, 1.165) is 26.2 Å². The van der Waals surface area contributed by atoms with Crippen molar-refractivity contribution in [3.8, 4) is 5.75 Å². The van der Waals surface area contributed by atoms with Gasteiger partial charge in [0.15, 0.2) is 0 Å². The SMILES string of the molecule is CCOc1ccc([C@@H]2[C@H](N3C(=O)c4ccccc4C3=O)C(=O)N2c2ccc(Br)c(C)c2)cc1. The van der Waals surface area contributed by atoms with Crippen LogP contribution in [0.2, 0.25) is 0 Å². The summed E-state index contributed by atoms with van der Waals surface area (Å²) < 4.78 is 6.49. The Morgan fingerprint density at radius 1 is 0.848 bits per heavy atom. The fourth-order valence-electron chi connectivity index (χ4n) is 4.51. The van der Waals surface area contributed by atoms with Crippen molar-refractivity contribution in [2.75, 3.05) is 11.5 Å². The average molecular weight is 505 g/mol. The molecule has 0 unspecified atom stereocenters. The Hall–Kier alpha value is -3.45. The molecule has 0 aliphatic carbocycles. The Kier molecular flexibility index (Phi) is 5.29. The number of amides is 3. The fourth-order valence-corrected chi connectivity index (χ4v) is 4.76. The van der Waals surface area contributed by atoms with Gasteiger partial charge in [0.2, 0.25) is 0 Å². The normalized spacial score (nSPS) is 19.5. The molecule has 7 heteroatoms. The molecular formula is C26H21BrN2O4. The van der Waals surface area contributed by atoms with Crippen LogP contribution in [0.3, 0.4) is 0 Å². The Balaban J connectivity index is 1.57. The smallest absolute Gasteiger partial charge is 0.262 e. The first-order chi connectivity index (χ1) is 15.9. The third-order valence-electron chi connectivity index (χ3n) is 6.12. The summed E-state index contributed by atoms with van der Waals surface area (Å²) in [4.78, 5) is 42.6. The zero-order chi connectivity index (χ0) is 23.3. The minimum atomic E-state index is -0.917. The lowest BCUT2D eigenvalue weighted by atomic mass is 9.86. The number of hydrogen-bond acceptors (Lipinski definition) is 4. The molecule has 0 saturated carbocycles. The van der Waals surface area contributed by atoms with Gasteiger partial charge < -0.3 is 9.64 Å². The minimum absolute atomic E-state index is 0.287. The molecule has 1 saturated heterocycles. The minimum Gasteiger partial charge on any atom is -0.494 e. The summed E-state index contributed by atoms with van der Waals surface area (Å²) >= 11 is 3.50. The number of halogens is 1. The molecule has 0 bridgehead atoms. The van der Waals surface area contributed by atoms with Crippen LogP contribution in [-0.2, 0) is 4.79 Å². The number of ether oxygens (including phenoxy) is 1. The largest absolute Gasteiger partial charge is 0.494 e. The van der Waals surface area contributed by atoms with E-state index in [1.165, 1.54) is 0 Å². The van der Waals surface area contributed by atoms with E-state index in [-0.39, 0.29) is 5.91 Å². The predicted octanol–water partition coefficient (Wildman–Crippen LogP) is 4.91. The molecular weight excluding hydrogens is 484 g/mol. The zero-order valence-corrected chi connectivity index (χ0v) is 19.7. The maximum Gasteiger partial charge on any atom is 0.262 e. The summed E-state index contributed by atoms with van der Waals surface area (Å²) in [6, 6.07) is 18.4. The number of carbonyl (C=O) groups is 3. The number of β-lactam (4-membered cyclic amide) rings is 1. The third kappa shape index (κ3) is 3.35. The molecule has 2 aliphatic heterocycles. The number of rotatable bonds is 5. The van der Waals surface area contributed by atoms with Crippen molar-refractivity contribution >= 4 is 39.3 Å². The molecule has 0 radical (unpaired) electrons. The molecule has 3 aromatic carbocycles. The lowest BCUT2D eigenvalue weighted by Gasteiger charge is -2.50. The van der Waals surface area contributed by atoms with E-state index in [1.54, 1.807) is 29.2 Å². The number of benzene rings is 3. The number of aryl methyl sites for hydroxylation is 1. The lowest BCUT2D eigenvalue weighted by molar-refractivity contribution is -0.130. The van der Waals surface area contributed by atoms with Crippen LogP contribution in [0, 0.1) is 6.92 Å². The van der Waals surface area contributed by atoms with Crippen molar-refractivity contribution in [3.05, 3.63) is 93.5 Å². The Morgan fingerprint density at radius 3 is 2.06 bits per heavy atom. The van der Waals surface area contributed by atoms with Gasteiger partial charge in [0.05, 0.1) is 23.8 Å². The van der Waals surface area contributed by atoms with E-state index in [9.17, 15) is 14.4 Å². The number of imide groups is 1. The van der Waals surface area contributed by atoms with Gasteiger partial charge in [-0.15, -0.1) is 0 Å². The van der Waals surface area contributed by atoms with Crippen molar-refractivity contribution in [2.45, 2.75) is 25.9 Å². The summed E-state index contributed by atoms with van der Waals surface area (Å²) in [5, 5.41) is 0. The molecule has 0 N–H and O–H groups in total. The van der Waals surface area contributed by atoms with E-state index in [0.29, 0.717) is 23.4 Å². The summed E-state index contributed by atoms with van der Waals surface area (Å²) in [7, 11) is 0. The van der Waals surface area contributed by atoms with Crippen LogP contribution in [0.4, 0.5) is 5.69 Å². The molecule has 2 heterocycles. The number of hydrogen-bond donors (Lipinski definition) is 0. The topological polar surface area (TPSA) is 66.9 Å². The molecule has 5 rings (SSSR count). The van der Waals surface area contributed by atoms with Crippen molar-refractivity contribution < 1.29 is 19.1 Å². The highest BCUT2D eigenvalue weighted by molar-refractivity contribution is 9.10. The molecule has 3 aromatic rings. The van der Waals surface area contributed by atoms with Crippen LogP contribution in [-0.4, -0.2) is 35.3 Å². The van der Waals surface area contributed by atoms with Crippen LogP contribution in [0.15, 0.2) is 71.2 Å². The average Bonchev–Trinajstić information content (AvgIpc) is 3.06. The molecule has 166 valence electrons. The zero-order valence-electron chi connectivity index (χ0n) is 18.1. The molecule has 3 amide bonds. The van der Waals surface area contributed by atoms with Crippen LogP contribution in [0.1, 0.15) is 44.8 Å². The van der Waals surface area contributed by atoms with Gasteiger partial charge in [-0.05, 0) is 67.4 Å². The van der Waals surface area contributed by atoms with Gasteiger partial charge in [0.1, 0.15) is 11.8 Å². The van der Waals surface area contributed by atoms with Gasteiger partial charge in [-0.3, -0.25) is 19.3 Å². The molecule has 33 heavy (non-hydrogen) atoms. The molecule has 0 spiro atoms. The predicted molar refractivity (Wildman–Crippen MR) is 127 cm³/mol. The van der Waals surface area contributed by atoms with Crippen molar-refractivity contribution in [1.29, 1.82) is 0 Å². The number of carbonyl (C=O) groups excluding carboxylic acids is 3. The van der Waals surface area contributed by atoms with Crippen molar-refractivity contribution in [1.82, 2.24) is 4.90 Å². The van der Waals surface area contributed by atoms with Gasteiger partial charge in [-0.2, -0.15) is 0 Å². The molecule has 0 aromatic heterocycles.